The van der Waals surface area contributed by atoms with Crippen LogP contribution in [0.25, 0.3) is 0 Å². The number of halogens is 2. The molecule has 0 aliphatic carbocycles. The molecule has 0 unspecified atom stereocenters. The number of carbonyl (C=O) groups is 2. The highest BCUT2D eigenvalue weighted by molar-refractivity contribution is 5.99. The summed E-state index contributed by atoms with van der Waals surface area (Å²) in [5, 5.41) is 14.0. The zero-order valence-corrected chi connectivity index (χ0v) is 31.1. The van der Waals surface area contributed by atoms with Crippen molar-refractivity contribution in [3.05, 3.63) is 108 Å². The van der Waals surface area contributed by atoms with Crippen molar-refractivity contribution in [1.82, 2.24) is 19.7 Å². The Bertz CT molecular complexity index is 2000. The Hall–Kier alpha value is -5.54. The molecule has 2 amide bonds. The van der Waals surface area contributed by atoms with E-state index in [2.05, 4.69) is 19.9 Å². The minimum absolute atomic E-state index is 0.0145. The quantitative estimate of drug-likeness (QED) is 0.162. The Balaban J connectivity index is 0.928. The van der Waals surface area contributed by atoms with Crippen molar-refractivity contribution >= 4 is 29.1 Å². The van der Waals surface area contributed by atoms with Gasteiger partial charge in [-0.3, -0.25) is 9.80 Å². The van der Waals surface area contributed by atoms with Crippen molar-refractivity contribution in [3.8, 4) is 5.75 Å². The van der Waals surface area contributed by atoms with E-state index in [9.17, 15) is 23.5 Å². The maximum absolute atomic E-state index is 14.9. The lowest BCUT2D eigenvalue weighted by molar-refractivity contribution is -0.133. The standard InChI is InChI=1S/C40H45F2N7O6/c1-4-5-33(38(50)51)36-21-48(39(52)49(36)27(2)3)31-9-7-29(8-10-31)45-16-18-46(19-17-45)30-11-13-32(14-12-30)53-22-37-54-24-40(55-37,23-47-26-43-25-44-47)34-15-6-28(41)20-35(34)42/h6-15,20,25-27,37H,4-5,16-19,21-24H2,1-3H3,(H,50,51)/b36-33+/t37-,40+/m0/s1. The predicted molar refractivity (Wildman–Crippen MR) is 201 cm³/mol. The zero-order valence-electron chi connectivity index (χ0n) is 31.1. The molecule has 13 nitrogen and oxygen atoms in total. The van der Waals surface area contributed by atoms with Crippen LogP contribution in [0.4, 0.5) is 30.6 Å². The normalized spacial score (nSPS) is 21.2. The summed E-state index contributed by atoms with van der Waals surface area (Å²) in [5.74, 6) is -1.77. The molecule has 2 atom stereocenters. The Labute approximate surface area is 318 Å². The SMILES string of the molecule is CCC/C(C(=O)O)=C1/CN(c2ccc(N3CCN(c4ccc(OC[C@H]5OC[C@](Cn6cncn6)(c6ccc(F)cc6F)O5)cc4)CC3)cc2)C(=O)N1C(C)C. The molecule has 3 aliphatic rings. The maximum atomic E-state index is 14.9. The molecule has 4 heterocycles. The van der Waals surface area contributed by atoms with Gasteiger partial charge in [-0.15, -0.1) is 0 Å². The van der Waals surface area contributed by atoms with E-state index >= 15 is 0 Å². The highest BCUT2D eigenvalue weighted by Crippen LogP contribution is 2.38. The van der Waals surface area contributed by atoms with Gasteiger partial charge in [0.25, 0.3) is 0 Å². The fourth-order valence-electron chi connectivity index (χ4n) is 7.50. The number of carboxylic acids is 1. The summed E-state index contributed by atoms with van der Waals surface area (Å²) in [6.07, 6.45) is 3.15. The number of benzene rings is 3. The van der Waals surface area contributed by atoms with Crippen LogP contribution in [0.15, 0.2) is 90.7 Å². The van der Waals surface area contributed by atoms with Crippen LogP contribution < -0.4 is 19.4 Å². The first kappa shape index (κ1) is 37.8. The number of nitrogens with zero attached hydrogens (tertiary/aromatic N) is 7. The van der Waals surface area contributed by atoms with Gasteiger partial charge in [-0.1, -0.05) is 19.4 Å². The molecule has 3 aromatic carbocycles. The van der Waals surface area contributed by atoms with Gasteiger partial charge in [0.1, 0.15) is 42.2 Å². The third-order valence-corrected chi connectivity index (χ3v) is 10.2. The van der Waals surface area contributed by atoms with Crippen LogP contribution in [0.1, 0.15) is 39.2 Å². The molecule has 3 fully saturated rings. The van der Waals surface area contributed by atoms with E-state index in [4.69, 9.17) is 14.2 Å². The molecule has 0 bridgehead atoms. The van der Waals surface area contributed by atoms with Crippen molar-refractivity contribution < 1.29 is 37.7 Å². The third-order valence-electron chi connectivity index (χ3n) is 10.2. The van der Waals surface area contributed by atoms with Crippen LogP contribution in [-0.2, 0) is 26.4 Å². The van der Waals surface area contributed by atoms with Crippen molar-refractivity contribution in [2.45, 2.75) is 58.1 Å². The number of carboxylic acid groups (broad SMARTS) is 1. The number of carbonyl (C=O) groups excluding carboxylic acids is 1. The fraction of sp³-hybridized carbons (Fsp3) is 0.400. The molecule has 3 saturated heterocycles. The zero-order chi connectivity index (χ0) is 38.7. The van der Waals surface area contributed by atoms with Gasteiger partial charge in [-0.25, -0.2) is 28.0 Å². The summed E-state index contributed by atoms with van der Waals surface area (Å²) in [5.41, 5.74) is 2.61. The lowest BCUT2D eigenvalue weighted by Gasteiger charge is -2.37. The van der Waals surface area contributed by atoms with Gasteiger partial charge in [-0.2, -0.15) is 5.10 Å². The largest absolute Gasteiger partial charge is 0.488 e. The van der Waals surface area contributed by atoms with Crippen molar-refractivity contribution in [2.75, 3.05) is 60.6 Å². The van der Waals surface area contributed by atoms with E-state index in [1.165, 1.54) is 29.5 Å². The first-order chi connectivity index (χ1) is 26.5. The Morgan fingerprint density at radius 3 is 2.22 bits per heavy atom. The number of piperazine rings is 1. The second kappa shape index (κ2) is 16.1. The number of amides is 2. The molecule has 290 valence electrons. The minimum atomic E-state index is -1.25. The van der Waals surface area contributed by atoms with Crippen molar-refractivity contribution in [2.24, 2.45) is 0 Å². The lowest BCUT2D eigenvalue weighted by atomic mass is 9.94. The molecule has 4 aromatic rings. The van der Waals surface area contributed by atoms with Crippen molar-refractivity contribution in [1.29, 1.82) is 0 Å². The lowest BCUT2D eigenvalue weighted by Crippen LogP contribution is -2.46. The summed E-state index contributed by atoms with van der Waals surface area (Å²) >= 11 is 0. The molecule has 15 heteroatoms. The third kappa shape index (κ3) is 7.98. The smallest absolute Gasteiger partial charge is 0.333 e. The number of anilines is 3. The van der Waals surface area contributed by atoms with E-state index in [0.29, 0.717) is 29.9 Å². The van der Waals surface area contributed by atoms with Gasteiger partial charge >= 0.3 is 12.0 Å². The highest BCUT2D eigenvalue weighted by atomic mass is 19.1. The number of aromatic nitrogens is 3. The van der Waals surface area contributed by atoms with E-state index in [1.54, 1.807) is 9.80 Å². The number of ether oxygens (including phenoxy) is 3. The molecule has 0 saturated carbocycles. The first-order valence-corrected chi connectivity index (χ1v) is 18.5. The predicted octanol–water partition coefficient (Wildman–Crippen LogP) is 6.02. The molecule has 55 heavy (non-hydrogen) atoms. The van der Waals surface area contributed by atoms with Crippen LogP contribution in [0, 0.1) is 11.6 Å². The van der Waals surface area contributed by atoms with Gasteiger partial charge < -0.3 is 29.1 Å². The Morgan fingerprint density at radius 2 is 1.64 bits per heavy atom. The van der Waals surface area contributed by atoms with Crippen molar-refractivity contribution in [3.63, 3.8) is 0 Å². The summed E-state index contributed by atoms with van der Waals surface area (Å²) in [6, 6.07) is 18.7. The number of hydrogen-bond acceptors (Lipinski definition) is 9. The van der Waals surface area contributed by atoms with Crippen LogP contribution in [0.5, 0.6) is 5.75 Å². The number of rotatable bonds is 13. The number of urea groups is 1. The summed E-state index contributed by atoms with van der Waals surface area (Å²) in [6.45, 7) is 9.35. The number of hydrogen-bond donors (Lipinski definition) is 1. The van der Waals surface area contributed by atoms with E-state index in [1.807, 2.05) is 69.3 Å². The Morgan fingerprint density at radius 1 is 0.982 bits per heavy atom. The maximum Gasteiger partial charge on any atom is 0.333 e. The Kier molecular flexibility index (Phi) is 11.0. The van der Waals surface area contributed by atoms with Gasteiger partial charge in [0.15, 0.2) is 6.29 Å². The average molecular weight is 758 g/mol. The highest BCUT2D eigenvalue weighted by Gasteiger charge is 2.46. The molecule has 1 aromatic heterocycles. The minimum Gasteiger partial charge on any atom is -0.488 e. The molecule has 3 aliphatic heterocycles. The molecule has 0 spiro atoms. The van der Waals surface area contributed by atoms with E-state index < -0.39 is 29.5 Å². The molecule has 1 N–H and O–H groups in total. The average Bonchev–Trinajstić information content (AvgIpc) is 3.93. The molecular weight excluding hydrogens is 712 g/mol. The first-order valence-electron chi connectivity index (χ1n) is 18.5. The summed E-state index contributed by atoms with van der Waals surface area (Å²) in [7, 11) is 0. The van der Waals surface area contributed by atoms with Crippen LogP contribution >= 0.6 is 0 Å². The second-order valence-corrected chi connectivity index (χ2v) is 14.2. The van der Waals surface area contributed by atoms with Gasteiger partial charge in [-0.05, 0) is 74.9 Å². The molecular formula is C40H45F2N7O6. The van der Waals surface area contributed by atoms with Crippen LogP contribution in [0.2, 0.25) is 0 Å². The molecule has 7 rings (SSSR count). The van der Waals surface area contributed by atoms with Crippen LogP contribution in [-0.4, -0.2) is 95.0 Å². The monoisotopic (exact) mass is 757 g/mol. The van der Waals surface area contributed by atoms with Crippen LogP contribution in [0.3, 0.4) is 0 Å². The number of aliphatic carboxylic acids is 1. The summed E-state index contributed by atoms with van der Waals surface area (Å²) in [4.78, 5) is 37.4. The van der Waals surface area contributed by atoms with Gasteiger partial charge in [0.05, 0.1) is 31.0 Å². The summed E-state index contributed by atoms with van der Waals surface area (Å²) < 4.78 is 48.3. The van der Waals surface area contributed by atoms with E-state index in [0.717, 1.165) is 49.3 Å². The van der Waals surface area contributed by atoms with E-state index in [-0.39, 0.29) is 43.9 Å². The molecule has 0 radical (unpaired) electrons. The fourth-order valence-corrected chi connectivity index (χ4v) is 7.50. The topological polar surface area (TPSA) is 126 Å². The van der Waals surface area contributed by atoms with Gasteiger partial charge in [0, 0.05) is 60.9 Å². The second-order valence-electron chi connectivity index (χ2n) is 14.2. The van der Waals surface area contributed by atoms with Gasteiger partial charge in [0.2, 0.25) is 0 Å².